The molecule has 0 fully saturated rings. The smallest absolute Gasteiger partial charge is 0.255 e. The first-order valence-corrected chi connectivity index (χ1v) is 6.61. The second kappa shape index (κ2) is 5.92. The van der Waals surface area contributed by atoms with Gasteiger partial charge in [-0.25, -0.2) is 4.98 Å². The van der Waals surface area contributed by atoms with Gasteiger partial charge >= 0.3 is 0 Å². The second-order valence-electron chi connectivity index (χ2n) is 4.57. The first-order chi connectivity index (χ1) is 9.49. The molecular formula is C15H16ClN3O. The van der Waals surface area contributed by atoms with Crippen molar-refractivity contribution in [2.24, 2.45) is 0 Å². The van der Waals surface area contributed by atoms with E-state index in [4.69, 9.17) is 11.6 Å². The zero-order chi connectivity index (χ0) is 14.7. The first-order valence-electron chi connectivity index (χ1n) is 6.23. The number of halogens is 1. The van der Waals surface area contributed by atoms with Crippen molar-refractivity contribution >= 4 is 29.0 Å². The highest BCUT2D eigenvalue weighted by Gasteiger charge is 2.09. The van der Waals surface area contributed by atoms with Gasteiger partial charge in [0.25, 0.3) is 5.91 Å². The molecule has 2 aromatic rings. The van der Waals surface area contributed by atoms with E-state index in [9.17, 15) is 4.79 Å². The van der Waals surface area contributed by atoms with Gasteiger partial charge in [0.15, 0.2) is 0 Å². The Morgan fingerprint density at radius 2 is 1.90 bits per heavy atom. The Hall–Kier alpha value is -2.07. The van der Waals surface area contributed by atoms with Crippen LogP contribution >= 0.6 is 11.6 Å². The highest BCUT2D eigenvalue weighted by Crippen LogP contribution is 2.18. The minimum absolute atomic E-state index is 0.214. The van der Waals surface area contributed by atoms with E-state index in [1.54, 1.807) is 19.2 Å². The highest BCUT2D eigenvalue weighted by atomic mass is 35.5. The number of nitrogens with zero attached hydrogens (tertiary/aromatic N) is 1. The summed E-state index contributed by atoms with van der Waals surface area (Å²) in [6.07, 6.45) is 0. The maximum atomic E-state index is 12.2. The van der Waals surface area contributed by atoms with E-state index in [2.05, 4.69) is 15.6 Å². The maximum Gasteiger partial charge on any atom is 0.255 e. The van der Waals surface area contributed by atoms with Crippen molar-refractivity contribution in [2.75, 3.05) is 17.7 Å². The molecule has 0 radical (unpaired) electrons. The number of nitrogens with one attached hydrogen (secondary N) is 2. The molecule has 1 amide bonds. The summed E-state index contributed by atoms with van der Waals surface area (Å²) in [6, 6.07) is 8.99. The van der Waals surface area contributed by atoms with E-state index < -0.39 is 0 Å². The van der Waals surface area contributed by atoms with Gasteiger partial charge in [-0.15, -0.1) is 0 Å². The van der Waals surface area contributed by atoms with Crippen LogP contribution in [0.25, 0.3) is 0 Å². The zero-order valence-corrected chi connectivity index (χ0v) is 12.4. The third-order valence-corrected chi connectivity index (χ3v) is 3.27. The number of carbonyl (C=O) groups excluding carboxylic acids is 1. The Kier molecular flexibility index (Phi) is 4.25. The average molecular weight is 290 g/mol. The van der Waals surface area contributed by atoms with Crippen molar-refractivity contribution < 1.29 is 4.79 Å². The predicted molar refractivity (Wildman–Crippen MR) is 82.7 cm³/mol. The molecule has 0 bridgehead atoms. The lowest BCUT2D eigenvalue weighted by atomic mass is 10.1. The Bertz CT molecular complexity index is 656. The number of hydrogen-bond acceptors (Lipinski definition) is 3. The molecule has 104 valence electrons. The molecule has 0 aliphatic rings. The molecule has 2 rings (SSSR count). The van der Waals surface area contributed by atoms with Gasteiger partial charge in [-0.2, -0.15) is 0 Å². The molecule has 0 aliphatic carbocycles. The molecule has 20 heavy (non-hydrogen) atoms. The number of benzene rings is 1. The second-order valence-corrected chi connectivity index (χ2v) is 4.95. The molecule has 0 saturated carbocycles. The lowest BCUT2D eigenvalue weighted by Gasteiger charge is -2.09. The van der Waals surface area contributed by atoms with Gasteiger partial charge in [-0.1, -0.05) is 17.7 Å². The van der Waals surface area contributed by atoms with Crippen molar-refractivity contribution in [2.45, 2.75) is 13.8 Å². The SMILES string of the molecule is CNc1cc(C(=O)Nc2ccc(C)c(C)c2)cc(Cl)n1. The van der Waals surface area contributed by atoms with Crippen LogP contribution in [-0.2, 0) is 0 Å². The number of rotatable bonds is 3. The summed E-state index contributed by atoms with van der Waals surface area (Å²) < 4.78 is 0. The van der Waals surface area contributed by atoms with Crippen LogP contribution in [0, 0.1) is 13.8 Å². The minimum Gasteiger partial charge on any atom is -0.373 e. The van der Waals surface area contributed by atoms with Crippen LogP contribution in [-0.4, -0.2) is 17.9 Å². The Labute approximate surface area is 123 Å². The number of aryl methyl sites for hydroxylation is 2. The minimum atomic E-state index is -0.214. The Morgan fingerprint density at radius 3 is 2.55 bits per heavy atom. The molecule has 0 unspecified atom stereocenters. The summed E-state index contributed by atoms with van der Waals surface area (Å²) in [5.41, 5.74) is 3.54. The molecule has 4 nitrogen and oxygen atoms in total. The fourth-order valence-corrected chi connectivity index (χ4v) is 1.99. The van der Waals surface area contributed by atoms with Gasteiger partial charge in [0.1, 0.15) is 11.0 Å². The van der Waals surface area contributed by atoms with Crippen LogP contribution in [0.15, 0.2) is 30.3 Å². The van der Waals surface area contributed by atoms with Gasteiger partial charge in [-0.05, 0) is 49.2 Å². The summed E-state index contributed by atoms with van der Waals surface area (Å²) in [4.78, 5) is 16.2. The lowest BCUT2D eigenvalue weighted by molar-refractivity contribution is 0.102. The van der Waals surface area contributed by atoms with E-state index in [1.165, 1.54) is 5.56 Å². The number of amides is 1. The summed E-state index contributed by atoms with van der Waals surface area (Å²) >= 11 is 5.89. The molecule has 2 N–H and O–H groups in total. The Morgan fingerprint density at radius 1 is 1.15 bits per heavy atom. The molecule has 0 spiro atoms. The van der Waals surface area contributed by atoms with Crippen LogP contribution in [0.1, 0.15) is 21.5 Å². The van der Waals surface area contributed by atoms with Gasteiger partial charge < -0.3 is 10.6 Å². The first kappa shape index (κ1) is 14.3. The van der Waals surface area contributed by atoms with Crippen molar-refractivity contribution in [3.63, 3.8) is 0 Å². The molecule has 5 heteroatoms. The van der Waals surface area contributed by atoms with Crippen LogP contribution in [0.5, 0.6) is 0 Å². The van der Waals surface area contributed by atoms with Crippen LogP contribution in [0.2, 0.25) is 5.15 Å². The normalized spacial score (nSPS) is 10.2. The standard InChI is InChI=1S/C15H16ClN3O/c1-9-4-5-12(6-10(9)2)18-15(20)11-7-13(16)19-14(8-11)17-3/h4-8H,1-3H3,(H,17,19)(H,18,20). The van der Waals surface area contributed by atoms with Crippen LogP contribution in [0.4, 0.5) is 11.5 Å². The monoisotopic (exact) mass is 289 g/mol. The van der Waals surface area contributed by atoms with Gasteiger partial charge in [-0.3, -0.25) is 4.79 Å². The van der Waals surface area contributed by atoms with E-state index in [-0.39, 0.29) is 11.1 Å². The van der Waals surface area contributed by atoms with Crippen molar-refractivity contribution in [3.05, 3.63) is 52.2 Å². The zero-order valence-electron chi connectivity index (χ0n) is 11.6. The van der Waals surface area contributed by atoms with E-state index >= 15 is 0 Å². The van der Waals surface area contributed by atoms with Crippen molar-refractivity contribution in [1.82, 2.24) is 4.98 Å². The molecule has 0 saturated heterocycles. The van der Waals surface area contributed by atoms with E-state index in [0.29, 0.717) is 11.4 Å². The van der Waals surface area contributed by atoms with Gasteiger partial charge in [0.2, 0.25) is 0 Å². The lowest BCUT2D eigenvalue weighted by Crippen LogP contribution is -2.13. The summed E-state index contributed by atoms with van der Waals surface area (Å²) in [5.74, 6) is 0.344. The molecule has 0 aliphatic heterocycles. The highest BCUT2D eigenvalue weighted by molar-refractivity contribution is 6.30. The van der Waals surface area contributed by atoms with Crippen molar-refractivity contribution in [3.8, 4) is 0 Å². The molecule has 1 heterocycles. The molecular weight excluding hydrogens is 274 g/mol. The third-order valence-electron chi connectivity index (χ3n) is 3.08. The van der Waals surface area contributed by atoms with Gasteiger partial charge in [0, 0.05) is 18.3 Å². The quantitative estimate of drug-likeness (QED) is 0.848. The summed E-state index contributed by atoms with van der Waals surface area (Å²) in [5, 5.41) is 6.00. The number of hydrogen-bond donors (Lipinski definition) is 2. The fraction of sp³-hybridized carbons (Fsp3) is 0.200. The third kappa shape index (κ3) is 3.27. The largest absolute Gasteiger partial charge is 0.373 e. The topological polar surface area (TPSA) is 54.0 Å². The number of carbonyl (C=O) groups is 1. The number of anilines is 2. The summed E-state index contributed by atoms with van der Waals surface area (Å²) in [7, 11) is 1.73. The van der Waals surface area contributed by atoms with E-state index in [0.717, 1.165) is 11.3 Å². The van der Waals surface area contributed by atoms with Crippen LogP contribution in [0.3, 0.4) is 0 Å². The van der Waals surface area contributed by atoms with Crippen LogP contribution < -0.4 is 10.6 Å². The molecule has 1 aromatic carbocycles. The number of aromatic nitrogens is 1. The van der Waals surface area contributed by atoms with Gasteiger partial charge in [0.05, 0.1) is 0 Å². The van der Waals surface area contributed by atoms with E-state index in [1.807, 2.05) is 32.0 Å². The molecule has 0 atom stereocenters. The Balaban J connectivity index is 2.23. The van der Waals surface area contributed by atoms with Crippen molar-refractivity contribution in [1.29, 1.82) is 0 Å². The average Bonchev–Trinajstić information content (AvgIpc) is 2.42. The maximum absolute atomic E-state index is 12.2. The molecule has 1 aromatic heterocycles. The summed E-state index contributed by atoms with van der Waals surface area (Å²) in [6.45, 7) is 4.04. The fourth-order valence-electron chi connectivity index (χ4n) is 1.78. The number of pyridine rings is 1. The predicted octanol–water partition coefficient (Wildman–Crippen LogP) is 3.65.